The summed E-state index contributed by atoms with van der Waals surface area (Å²) >= 11 is 0. The van der Waals surface area contributed by atoms with Gasteiger partial charge in [-0.3, -0.25) is 10.1 Å². The molecule has 0 aliphatic carbocycles. The largest absolute Gasteiger partial charge is 0.496 e. The lowest BCUT2D eigenvalue weighted by Gasteiger charge is -2.13. The summed E-state index contributed by atoms with van der Waals surface area (Å²) in [5.74, 6) is 0.207. The minimum absolute atomic E-state index is 0.0479. The minimum Gasteiger partial charge on any atom is -0.496 e. The predicted octanol–water partition coefficient (Wildman–Crippen LogP) is 3.08. The molecule has 0 radical (unpaired) electrons. The molecule has 2 aromatic carbocycles. The van der Waals surface area contributed by atoms with Crippen LogP contribution in [0, 0.1) is 10.1 Å². The number of nitro benzene ring substituents is 1. The summed E-state index contributed by atoms with van der Waals surface area (Å²) in [6.07, 6.45) is 0. The van der Waals surface area contributed by atoms with Crippen molar-refractivity contribution in [1.82, 2.24) is 10.1 Å². The fourth-order valence-electron chi connectivity index (χ4n) is 2.64. The van der Waals surface area contributed by atoms with Gasteiger partial charge in [-0.05, 0) is 24.3 Å². The number of hydrogen-bond donors (Lipinski definition) is 0. The summed E-state index contributed by atoms with van der Waals surface area (Å²) < 4.78 is 15.5. The summed E-state index contributed by atoms with van der Waals surface area (Å²) in [4.78, 5) is 28.8. The zero-order valence-corrected chi connectivity index (χ0v) is 16.0. The Hall–Kier alpha value is -3.95. The summed E-state index contributed by atoms with van der Waals surface area (Å²) in [5, 5.41) is 15.1. The Morgan fingerprint density at radius 1 is 1.24 bits per heavy atom. The van der Waals surface area contributed by atoms with E-state index in [0.29, 0.717) is 22.8 Å². The van der Waals surface area contributed by atoms with E-state index in [0.717, 1.165) is 0 Å². The lowest BCUT2D eigenvalue weighted by molar-refractivity contribution is -0.384. The molecule has 150 valence electrons. The van der Waals surface area contributed by atoms with Gasteiger partial charge in [0.15, 0.2) is 6.61 Å². The Morgan fingerprint density at radius 2 is 2.00 bits per heavy atom. The molecule has 0 spiro atoms. The maximum Gasteiger partial charge on any atom is 0.338 e. The minimum atomic E-state index is -0.740. The molecule has 0 saturated heterocycles. The van der Waals surface area contributed by atoms with Crippen molar-refractivity contribution in [3.63, 3.8) is 0 Å². The van der Waals surface area contributed by atoms with Crippen LogP contribution in [0.1, 0.15) is 16.2 Å². The molecular formula is C19H18N4O6. The van der Waals surface area contributed by atoms with Crippen molar-refractivity contribution in [3.8, 4) is 17.1 Å². The average Bonchev–Trinajstić information content (AvgIpc) is 3.20. The molecular weight excluding hydrogens is 380 g/mol. The number of para-hydroxylation sites is 1. The van der Waals surface area contributed by atoms with Gasteiger partial charge in [0.1, 0.15) is 11.4 Å². The van der Waals surface area contributed by atoms with E-state index in [1.165, 1.54) is 25.3 Å². The molecule has 3 aromatic rings. The second kappa shape index (κ2) is 8.38. The first-order valence-electron chi connectivity index (χ1n) is 8.49. The van der Waals surface area contributed by atoms with Gasteiger partial charge in [0.05, 0.1) is 23.2 Å². The number of nitrogens with zero attached hydrogens (tertiary/aromatic N) is 4. The maximum atomic E-state index is 12.3. The summed E-state index contributed by atoms with van der Waals surface area (Å²) in [5.41, 5.74) is 0.864. The normalized spacial score (nSPS) is 10.4. The van der Waals surface area contributed by atoms with Gasteiger partial charge in [0, 0.05) is 20.2 Å². The Morgan fingerprint density at radius 3 is 2.69 bits per heavy atom. The van der Waals surface area contributed by atoms with E-state index >= 15 is 0 Å². The lowest BCUT2D eigenvalue weighted by atomic mass is 10.1. The number of nitro groups is 1. The number of benzene rings is 2. The third-order valence-electron chi connectivity index (χ3n) is 4.03. The molecule has 10 nitrogen and oxygen atoms in total. The van der Waals surface area contributed by atoms with Gasteiger partial charge in [-0.1, -0.05) is 17.3 Å². The highest BCUT2D eigenvalue weighted by atomic mass is 16.6. The highest BCUT2D eigenvalue weighted by Crippen LogP contribution is 2.29. The fraction of sp³-hybridized carbons (Fsp3) is 0.211. The van der Waals surface area contributed by atoms with Crippen LogP contribution < -0.4 is 9.64 Å². The third kappa shape index (κ3) is 4.32. The maximum absolute atomic E-state index is 12.3. The van der Waals surface area contributed by atoms with Gasteiger partial charge in [-0.25, -0.2) is 4.79 Å². The summed E-state index contributed by atoms with van der Waals surface area (Å²) in [7, 11) is 4.88. The van der Waals surface area contributed by atoms with E-state index in [2.05, 4.69) is 10.1 Å². The number of esters is 1. The van der Waals surface area contributed by atoms with Crippen LogP contribution in [0.3, 0.4) is 0 Å². The SMILES string of the molecule is COc1ccccc1-c1noc(COC(=O)c2ccc(N(C)C)c([N+](=O)[O-])c2)n1. The van der Waals surface area contributed by atoms with Gasteiger partial charge in [-0.15, -0.1) is 0 Å². The molecule has 0 N–H and O–H groups in total. The molecule has 0 aliphatic heterocycles. The zero-order chi connectivity index (χ0) is 21.0. The second-order valence-corrected chi connectivity index (χ2v) is 6.14. The van der Waals surface area contributed by atoms with Crippen LogP contribution in [-0.2, 0) is 11.3 Å². The van der Waals surface area contributed by atoms with Crippen molar-refractivity contribution in [3.05, 3.63) is 64.0 Å². The quantitative estimate of drug-likeness (QED) is 0.336. The molecule has 3 rings (SSSR count). The van der Waals surface area contributed by atoms with Gasteiger partial charge in [0.25, 0.3) is 11.6 Å². The number of methoxy groups -OCH3 is 1. The average molecular weight is 398 g/mol. The van der Waals surface area contributed by atoms with Gasteiger partial charge >= 0.3 is 5.97 Å². The van der Waals surface area contributed by atoms with E-state index in [-0.39, 0.29) is 23.7 Å². The first-order valence-corrected chi connectivity index (χ1v) is 8.49. The summed E-state index contributed by atoms with van der Waals surface area (Å²) in [6, 6.07) is 11.3. The molecule has 1 aromatic heterocycles. The number of aromatic nitrogens is 2. The van der Waals surface area contributed by atoms with E-state index in [9.17, 15) is 14.9 Å². The van der Waals surface area contributed by atoms with Gasteiger partial charge in [0.2, 0.25) is 5.82 Å². The van der Waals surface area contributed by atoms with Crippen LogP contribution in [0.4, 0.5) is 11.4 Å². The van der Waals surface area contributed by atoms with Crippen molar-refractivity contribution < 1.29 is 23.7 Å². The molecule has 1 heterocycles. The standard InChI is InChI=1S/C19H18N4O6/c1-22(2)14-9-8-12(10-15(14)23(25)26)19(24)28-11-17-20-18(21-29-17)13-6-4-5-7-16(13)27-3/h4-10H,11H2,1-3H3. The highest BCUT2D eigenvalue weighted by Gasteiger charge is 2.20. The fourth-order valence-corrected chi connectivity index (χ4v) is 2.64. The Bertz CT molecular complexity index is 1050. The molecule has 0 saturated carbocycles. The van der Waals surface area contributed by atoms with Crippen LogP contribution >= 0.6 is 0 Å². The third-order valence-corrected chi connectivity index (χ3v) is 4.03. The Balaban J connectivity index is 1.73. The Kier molecular flexibility index (Phi) is 5.72. The van der Waals surface area contributed by atoms with Crippen molar-refractivity contribution in [2.45, 2.75) is 6.61 Å². The molecule has 29 heavy (non-hydrogen) atoms. The number of hydrogen-bond acceptors (Lipinski definition) is 9. The van der Waals surface area contributed by atoms with Crippen molar-refractivity contribution >= 4 is 17.3 Å². The smallest absolute Gasteiger partial charge is 0.338 e. The zero-order valence-electron chi connectivity index (χ0n) is 16.0. The van der Waals surface area contributed by atoms with Crippen LogP contribution in [0.5, 0.6) is 5.75 Å². The van der Waals surface area contributed by atoms with Crippen LogP contribution in [0.2, 0.25) is 0 Å². The first-order chi connectivity index (χ1) is 13.9. The number of carbonyl (C=O) groups is 1. The Labute approximate surface area is 165 Å². The molecule has 0 bridgehead atoms. The first kappa shape index (κ1) is 19.8. The van der Waals surface area contributed by atoms with E-state index in [1.807, 2.05) is 6.07 Å². The van der Waals surface area contributed by atoms with Crippen molar-refractivity contribution in [2.24, 2.45) is 0 Å². The van der Waals surface area contributed by atoms with Crippen molar-refractivity contribution in [2.75, 3.05) is 26.1 Å². The topological polar surface area (TPSA) is 121 Å². The molecule has 10 heteroatoms. The number of anilines is 1. The second-order valence-electron chi connectivity index (χ2n) is 6.14. The highest BCUT2D eigenvalue weighted by molar-refractivity contribution is 5.91. The summed E-state index contributed by atoms with van der Waals surface area (Å²) in [6.45, 7) is -0.274. The van der Waals surface area contributed by atoms with E-state index in [1.54, 1.807) is 37.2 Å². The molecule has 0 atom stereocenters. The number of ether oxygens (including phenoxy) is 2. The molecule has 0 unspecified atom stereocenters. The monoisotopic (exact) mass is 398 g/mol. The number of rotatable bonds is 7. The van der Waals surface area contributed by atoms with Crippen LogP contribution in [-0.4, -0.2) is 42.2 Å². The predicted molar refractivity (Wildman–Crippen MR) is 103 cm³/mol. The molecule has 0 aliphatic rings. The van der Waals surface area contributed by atoms with E-state index in [4.69, 9.17) is 14.0 Å². The number of carbonyl (C=O) groups excluding carboxylic acids is 1. The van der Waals surface area contributed by atoms with Gasteiger partial charge < -0.3 is 18.9 Å². The van der Waals surface area contributed by atoms with E-state index < -0.39 is 10.9 Å². The van der Waals surface area contributed by atoms with Crippen LogP contribution in [0.25, 0.3) is 11.4 Å². The molecule has 0 amide bonds. The lowest BCUT2D eigenvalue weighted by Crippen LogP contribution is -2.12. The van der Waals surface area contributed by atoms with Gasteiger partial charge in [-0.2, -0.15) is 4.98 Å². The molecule has 0 fully saturated rings. The van der Waals surface area contributed by atoms with Crippen LogP contribution in [0.15, 0.2) is 47.0 Å². The van der Waals surface area contributed by atoms with Crippen molar-refractivity contribution in [1.29, 1.82) is 0 Å².